The molecule has 4 heteroatoms. The van der Waals surface area contributed by atoms with Gasteiger partial charge in [0.05, 0.1) is 6.61 Å². The molecule has 0 bridgehead atoms. The van der Waals surface area contributed by atoms with E-state index < -0.39 is 17.6 Å². The molecule has 0 aliphatic heterocycles. The van der Waals surface area contributed by atoms with Crippen molar-refractivity contribution < 1.29 is 18.3 Å². The van der Waals surface area contributed by atoms with Gasteiger partial charge in [0.1, 0.15) is 5.83 Å². The van der Waals surface area contributed by atoms with Crippen molar-refractivity contribution in [3.05, 3.63) is 53.6 Å². The summed E-state index contributed by atoms with van der Waals surface area (Å²) in [4.78, 5) is 10.9. The van der Waals surface area contributed by atoms with Gasteiger partial charge in [-0.2, -0.15) is 4.39 Å². The Bertz CT molecular complexity index is 436. The van der Waals surface area contributed by atoms with E-state index in [-0.39, 0.29) is 6.61 Å². The van der Waals surface area contributed by atoms with Crippen molar-refractivity contribution in [2.24, 2.45) is 0 Å². The van der Waals surface area contributed by atoms with Crippen molar-refractivity contribution in [1.29, 1.82) is 0 Å². The number of carbonyl (C=O) groups is 1. The highest BCUT2D eigenvalue weighted by atomic mass is 19.1. The van der Waals surface area contributed by atoms with Gasteiger partial charge in [-0.15, -0.1) is 0 Å². The van der Waals surface area contributed by atoms with Crippen LogP contribution in [-0.4, -0.2) is 12.6 Å². The Kier molecular flexibility index (Phi) is 5.07. The summed E-state index contributed by atoms with van der Waals surface area (Å²) >= 11 is 0. The number of halogens is 2. The zero-order chi connectivity index (χ0) is 12.7. The molecule has 1 rings (SSSR count). The predicted octanol–water partition coefficient (Wildman–Crippen LogP) is 3.41. The summed E-state index contributed by atoms with van der Waals surface area (Å²) in [5.74, 6) is -3.26. The zero-order valence-corrected chi connectivity index (χ0v) is 9.32. The lowest BCUT2D eigenvalue weighted by molar-refractivity contribution is -0.140. The van der Waals surface area contributed by atoms with Gasteiger partial charge in [0.2, 0.25) is 5.83 Å². The third kappa shape index (κ3) is 4.59. The average Bonchev–Trinajstić information content (AvgIpc) is 2.30. The second-order valence-corrected chi connectivity index (χ2v) is 3.15. The normalized spacial score (nSPS) is 12.4. The quantitative estimate of drug-likeness (QED) is 0.456. The average molecular weight is 238 g/mol. The monoisotopic (exact) mass is 238 g/mol. The van der Waals surface area contributed by atoms with Gasteiger partial charge >= 0.3 is 5.97 Å². The van der Waals surface area contributed by atoms with E-state index >= 15 is 0 Å². The molecule has 0 radical (unpaired) electrons. The second-order valence-electron chi connectivity index (χ2n) is 3.15. The Morgan fingerprint density at radius 2 is 1.94 bits per heavy atom. The first-order chi connectivity index (χ1) is 8.13. The van der Waals surface area contributed by atoms with Crippen LogP contribution < -0.4 is 0 Å². The van der Waals surface area contributed by atoms with Gasteiger partial charge in [-0.3, -0.25) is 0 Å². The van der Waals surface area contributed by atoms with E-state index in [1.807, 2.05) is 0 Å². The van der Waals surface area contributed by atoms with Crippen LogP contribution in [0.3, 0.4) is 0 Å². The predicted molar refractivity (Wildman–Crippen MR) is 61.4 cm³/mol. The van der Waals surface area contributed by atoms with Crippen molar-refractivity contribution in [2.75, 3.05) is 6.61 Å². The van der Waals surface area contributed by atoms with Gasteiger partial charge in [0, 0.05) is 6.08 Å². The smallest absolute Gasteiger partial charge is 0.367 e. The third-order valence-electron chi connectivity index (χ3n) is 1.84. The van der Waals surface area contributed by atoms with Crippen LogP contribution in [0.2, 0.25) is 0 Å². The fourth-order valence-electron chi connectivity index (χ4n) is 1.13. The Morgan fingerprint density at radius 3 is 2.53 bits per heavy atom. The standard InChI is InChI=1S/C13H12F2O2/c1-2-17-13(16)12(15)9-11(14)8-10-6-4-3-5-7-10/h3-9H,2H2,1H3/b11-8+,12-9+. The van der Waals surface area contributed by atoms with Crippen molar-refractivity contribution in [3.8, 4) is 0 Å². The number of carbonyl (C=O) groups excluding carboxylic acids is 1. The molecule has 0 N–H and O–H groups in total. The minimum absolute atomic E-state index is 0.0457. The van der Waals surface area contributed by atoms with Gasteiger partial charge in [0.25, 0.3) is 0 Å². The zero-order valence-electron chi connectivity index (χ0n) is 9.32. The topological polar surface area (TPSA) is 26.3 Å². The highest BCUT2D eigenvalue weighted by Gasteiger charge is 2.09. The first-order valence-corrected chi connectivity index (χ1v) is 5.10. The molecular formula is C13H12F2O2. The molecule has 17 heavy (non-hydrogen) atoms. The molecule has 0 aliphatic carbocycles. The summed E-state index contributed by atoms with van der Waals surface area (Å²) in [6.45, 7) is 1.59. The van der Waals surface area contributed by atoms with Gasteiger partial charge in [0.15, 0.2) is 0 Å². The Hall–Kier alpha value is -1.97. The van der Waals surface area contributed by atoms with Crippen LogP contribution in [0.15, 0.2) is 48.1 Å². The summed E-state index contributed by atoms with van der Waals surface area (Å²) in [5, 5.41) is 0. The van der Waals surface area contributed by atoms with Crippen LogP contribution in [0.25, 0.3) is 6.08 Å². The summed E-state index contributed by atoms with van der Waals surface area (Å²) in [6.07, 6.45) is 1.63. The maximum Gasteiger partial charge on any atom is 0.367 e. The van der Waals surface area contributed by atoms with Crippen LogP contribution in [0, 0.1) is 0 Å². The second kappa shape index (κ2) is 6.58. The van der Waals surface area contributed by atoms with Gasteiger partial charge in [-0.05, 0) is 18.6 Å². The van der Waals surface area contributed by atoms with Crippen LogP contribution in [0.5, 0.6) is 0 Å². The minimum Gasteiger partial charge on any atom is -0.461 e. The van der Waals surface area contributed by atoms with Crippen molar-refractivity contribution in [2.45, 2.75) is 6.92 Å². The molecule has 0 unspecified atom stereocenters. The molecule has 0 amide bonds. The van der Waals surface area contributed by atoms with Gasteiger partial charge < -0.3 is 4.74 Å². The van der Waals surface area contributed by atoms with Crippen LogP contribution in [-0.2, 0) is 9.53 Å². The largest absolute Gasteiger partial charge is 0.461 e. The maximum absolute atomic E-state index is 13.3. The molecule has 1 aromatic rings. The van der Waals surface area contributed by atoms with E-state index in [1.54, 1.807) is 37.3 Å². The lowest BCUT2D eigenvalue weighted by atomic mass is 10.2. The minimum atomic E-state index is -1.25. The highest BCUT2D eigenvalue weighted by molar-refractivity contribution is 5.86. The molecule has 0 aromatic heterocycles. The highest BCUT2D eigenvalue weighted by Crippen LogP contribution is 2.12. The van der Waals surface area contributed by atoms with Crippen LogP contribution >= 0.6 is 0 Å². The number of hydrogen-bond donors (Lipinski definition) is 0. The Morgan fingerprint density at radius 1 is 1.29 bits per heavy atom. The first-order valence-electron chi connectivity index (χ1n) is 5.10. The molecule has 0 aliphatic rings. The fraction of sp³-hybridized carbons (Fsp3) is 0.154. The Labute approximate surface area is 98.2 Å². The summed E-state index contributed by atoms with van der Waals surface area (Å²) in [7, 11) is 0. The Balaban J connectivity index is 2.77. The molecule has 0 spiro atoms. The summed E-state index contributed by atoms with van der Waals surface area (Å²) in [6, 6.07) is 8.56. The summed E-state index contributed by atoms with van der Waals surface area (Å²) < 4.78 is 30.7. The lowest BCUT2D eigenvalue weighted by Gasteiger charge is -1.97. The van der Waals surface area contributed by atoms with Crippen LogP contribution in [0.4, 0.5) is 8.78 Å². The van der Waals surface area contributed by atoms with E-state index in [1.165, 1.54) is 0 Å². The molecule has 1 aromatic carbocycles. The first kappa shape index (κ1) is 13.1. The van der Waals surface area contributed by atoms with Crippen LogP contribution in [0.1, 0.15) is 12.5 Å². The van der Waals surface area contributed by atoms with Gasteiger partial charge in [-0.25, -0.2) is 9.18 Å². The number of hydrogen-bond acceptors (Lipinski definition) is 2. The SMILES string of the molecule is CCOC(=O)/C(F)=C\C(F)=C/c1ccccc1. The number of esters is 1. The number of rotatable bonds is 4. The van der Waals surface area contributed by atoms with Crippen molar-refractivity contribution in [3.63, 3.8) is 0 Å². The lowest BCUT2D eigenvalue weighted by Crippen LogP contribution is -2.04. The molecule has 2 nitrogen and oxygen atoms in total. The molecule has 0 fully saturated rings. The number of ether oxygens (including phenoxy) is 1. The van der Waals surface area contributed by atoms with E-state index in [0.29, 0.717) is 11.6 Å². The van der Waals surface area contributed by atoms with E-state index in [0.717, 1.165) is 6.08 Å². The number of allylic oxidation sites excluding steroid dienone is 2. The number of benzene rings is 1. The maximum atomic E-state index is 13.3. The molecular weight excluding hydrogens is 226 g/mol. The fourth-order valence-corrected chi connectivity index (χ4v) is 1.13. The van der Waals surface area contributed by atoms with Crippen molar-refractivity contribution in [1.82, 2.24) is 0 Å². The van der Waals surface area contributed by atoms with Crippen molar-refractivity contribution >= 4 is 12.0 Å². The third-order valence-corrected chi connectivity index (χ3v) is 1.84. The summed E-state index contributed by atoms with van der Waals surface area (Å²) in [5.41, 5.74) is 0.581. The molecule has 90 valence electrons. The van der Waals surface area contributed by atoms with Gasteiger partial charge in [-0.1, -0.05) is 30.3 Å². The van der Waals surface area contributed by atoms with E-state index in [2.05, 4.69) is 4.74 Å². The molecule has 0 saturated heterocycles. The molecule has 0 heterocycles. The molecule has 0 saturated carbocycles. The molecule has 0 atom stereocenters. The van der Waals surface area contributed by atoms with E-state index in [4.69, 9.17) is 0 Å². The van der Waals surface area contributed by atoms with E-state index in [9.17, 15) is 13.6 Å².